The minimum absolute atomic E-state index is 0.0758. The fourth-order valence-electron chi connectivity index (χ4n) is 9.27. The number of hydrogen-bond donors (Lipinski definition) is 0. The summed E-state index contributed by atoms with van der Waals surface area (Å²) in [7, 11) is 0. The van der Waals surface area contributed by atoms with Crippen molar-refractivity contribution in [3.63, 3.8) is 0 Å². The van der Waals surface area contributed by atoms with Gasteiger partial charge in [-0.25, -0.2) is 0 Å². The van der Waals surface area contributed by atoms with Crippen LogP contribution in [0.2, 0.25) is 0 Å². The highest BCUT2D eigenvalue weighted by Gasteiger charge is 2.19. The van der Waals surface area contributed by atoms with Crippen molar-refractivity contribution >= 4 is 17.9 Å². The van der Waals surface area contributed by atoms with Crippen molar-refractivity contribution in [1.82, 2.24) is 0 Å². The van der Waals surface area contributed by atoms with E-state index in [2.05, 4.69) is 106 Å². The van der Waals surface area contributed by atoms with Crippen LogP contribution in [0, 0.1) is 0 Å². The Hall–Kier alpha value is -3.41. The molecule has 0 fully saturated rings. The van der Waals surface area contributed by atoms with E-state index in [4.69, 9.17) is 14.2 Å². The number of esters is 3. The molecule has 1 atom stereocenters. The molecular formula is C70H122O6. The van der Waals surface area contributed by atoms with Crippen LogP contribution < -0.4 is 0 Å². The quantitative estimate of drug-likeness (QED) is 0.0261. The maximum absolute atomic E-state index is 12.9. The van der Waals surface area contributed by atoms with E-state index in [1.807, 2.05) is 0 Å². The SMILES string of the molecule is CC/C=C\C/C=C\C/C=C\C/C=C\C/C=C\C/C=C\CCCCCCCCCCCCC(=O)OCC(COC(=O)CCCCCCCC)OC(=O)CCCCCCCCCCCCC/C=C\CCCCCCCCCC. The molecule has 6 nitrogen and oxygen atoms in total. The lowest BCUT2D eigenvalue weighted by atomic mass is 10.0. The highest BCUT2D eigenvalue weighted by molar-refractivity contribution is 5.71. The summed E-state index contributed by atoms with van der Waals surface area (Å²) in [5.74, 6) is -0.879. The molecule has 6 heteroatoms. The normalized spacial score (nSPS) is 12.6. The molecule has 0 aromatic heterocycles. The second-order valence-electron chi connectivity index (χ2n) is 21.6. The molecule has 0 aliphatic rings. The molecule has 0 aromatic carbocycles. The average molecular weight is 1060 g/mol. The van der Waals surface area contributed by atoms with Crippen molar-refractivity contribution in [2.45, 2.75) is 329 Å². The first-order valence-corrected chi connectivity index (χ1v) is 32.6. The summed E-state index contributed by atoms with van der Waals surface area (Å²) in [6.07, 6.45) is 84.9. The van der Waals surface area contributed by atoms with Crippen LogP contribution in [-0.4, -0.2) is 37.2 Å². The van der Waals surface area contributed by atoms with Gasteiger partial charge in [0.25, 0.3) is 0 Å². The molecule has 1 unspecified atom stereocenters. The van der Waals surface area contributed by atoms with Crippen molar-refractivity contribution in [1.29, 1.82) is 0 Å². The molecule has 0 spiro atoms. The maximum atomic E-state index is 12.9. The van der Waals surface area contributed by atoms with Gasteiger partial charge in [0.05, 0.1) is 0 Å². The fourth-order valence-corrected chi connectivity index (χ4v) is 9.27. The number of hydrogen-bond acceptors (Lipinski definition) is 6. The summed E-state index contributed by atoms with van der Waals surface area (Å²) < 4.78 is 16.8. The maximum Gasteiger partial charge on any atom is 0.306 e. The fraction of sp³-hybridized carbons (Fsp3) is 0.757. The lowest BCUT2D eigenvalue weighted by Crippen LogP contribution is -2.30. The minimum atomic E-state index is -0.775. The van der Waals surface area contributed by atoms with Crippen LogP contribution in [-0.2, 0) is 28.6 Å². The minimum Gasteiger partial charge on any atom is -0.462 e. The lowest BCUT2D eigenvalue weighted by molar-refractivity contribution is -0.167. The third kappa shape index (κ3) is 61.4. The molecule has 0 rings (SSSR count). The number of carbonyl (C=O) groups is 3. The molecule has 0 aliphatic heterocycles. The van der Waals surface area contributed by atoms with Crippen LogP contribution >= 0.6 is 0 Å². The Bertz CT molecular complexity index is 1450. The van der Waals surface area contributed by atoms with E-state index in [1.165, 1.54) is 186 Å². The first-order chi connectivity index (χ1) is 37.5. The lowest BCUT2D eigenvalue weighted by Gasteiger charge is -2.18. The Morgan fingerprint density at radius 3 is 0.816 bits per heavy atom. The molecule has 0 saturated heterocycles. The van der Waals surface area contributed by atoms with E-state index in [9.17, 15) is 14.4 Å². The topological polar surface area (TPSA) is 78.9 Å². The van der Waals surface area contributed by atoms with Crippen LogP contribution in [0.25, 0.3) is 0 Å². The number of unbranched alkanes of at least 4 members (excludes halogenated alkanes) is 34. The molecule has 0 aliphatic carbocycles. The van der Waals surface area contributed by atoms with Gasteiger partial charge >= 0.3 is 17.9 Å². The number of ether oxygens (including phenoxy) is 3. The van der Waals surface area contributed by atoms with E-state index in [1.54, 1.807) is 0 Å². The first-order valence-electron chi connectivity index (χ1n) is 32.6. The van der Waals surface area contributed by atoms with Gasteiger partial charge in [0.2, 0.25) is 0 Å². The molecule has 0 aromatic rings. The van der Waals surface area contributed by atoms with Gasteiger partial charge in [-0.15, -0.1) is 0 Å². The van der Waals surface area contributed by atoms with Crippen molar-refractivity contribution < 1.29 is 28.6 Å². The Morgan fingerprint density at radius 1 is 0.276 bits per heavy atom. The third-order valence-electron chi connectivity index (χ3n) is 14.1. The highest BCUT2D eigenvalue weighted by Crippen LogP contribution is 2.17. The summed E-state index contributed by atoms with van der Waals surface area (Å²) in [6.45, 7) is 6.49. The van der Waals surface area contributed by atoms with Crippen LogP contribution in [0.5, 0.6) is 0 Å². The first kappa shape index (κ1) is 72.6. The van der Waals surface area contributed by atoms with Gasteiger partial charge in [-0.2, -0.15) is 0 Å². The van der Waals surface area contributed by atoms with E-state index in [0.717, 1.165) is 96.3 Å². The van der Waals surface area contributed by atoms with E-state index in [0.29, 0.717) is 19.3 Å². The predicted molar refractivity (Wildman–Crippen MR) is 330 cm³/mol. The zero-order valence-electron chi connectivity index (χ0n) is 50.3. The summed E-state index contributed by atoms with van der Waals surface area (Å²) in [4.78, 5) is 38.0. The Labute approximate surface area is 471 Å². The zero-order valence-corrected chi connectivity index (χ0v) is 50.3. The van der Waals surface area contributed by atoms with Crippen LogP contribution in [0.15, 0.2) is 85.1 Å². The number of allylic oxidation sites excluding steroid dienone is 14. The van der Waals surface area contributed by atoms with Gasteiger partial charge in [0.15, 0.2) is 6.10 Å². The van der Waals surface area contributed by atoms with Crippen molar-refractivity contribution in [3.8, 4) is 0 Å². The monoisotopic (exact) mass is 1060 g/mol. The predicted octanol–water partition coefficient (Wildman–Crippen LogP) is 22.3. The summed E-state index contributed by atoms with van der Waals surface area (Å²) in [5, 5.41) is 0. The average Bonchev–Trinajstić information content (AvgIpc) is 3.42. The number of carbonyl (C=O) groups excluding carboxylic acids is 3. The molecule has 0 N–H and O–H groups in total. The van der Waals surface area contributed by atoms with Crippen molar-refractivity contribution in [2.24, 2.45) is 0 Å². The molecule has 0 bridgehead atoms. The van der Waals surface area contributed by atoms with Crippen LogP contribution in [0.4, 0.5) is 0 Å². The van der Waals surface area contributed by atoms with E-state index < -0.39 is 6.10 Å². The molecule has 0 heterocycles. The van der Waals surface area contributed by atoms with Crippen LogP contribution in [0.1, 0.15) is 323 Å². The second kappa shape index (κ2) is 64.1. The Balaban J connectivity index is 4.08. The summed E-state index contributed by atoms with van der Waals surface area (Å²) in [5.41, 5.74) is 0. The smallest absolute Gasteiger partial charge is 0.306 e. The van der Waals surface area contributed by atoms with Gasteiger partial charge in [-0.3, -0.25) is 14.4 Å². The van der Waals surface area contributed by atoms with Gasteiger partial charge in [0, 0.05) is 19.3 Å². The van der Waals surface area contributed by atoms with Crippen LogP contribution in [0.3, 0.4) is 0 Å². The molecule has 0 saturated carbocycles. The second-order valence-corrected chi connectivity index (χ2v) is 21.6. The molecule has 438 valence electrons. The van der Waals surface area contributed by atoms with E-state index in [-0.39, 0.29) is 31.1 Å². The van der Waals surface area contributed by atoms with Crippen molar-refractivity contribution in [2.75, 3.05) is 13.2 Å². The zero-order chi connectivity index (χ0) is 55.0. The largest absolute Gasteiger partial charge is 0.462 e. The Morgan fingerprint density at radius 2 is 0.513 bits per heavy atom. The highest BCUT2D eigenvalue weighted by atomic mass is 16.6. The molecule has 0 radical (unpaired) electrons. The van der Waals surface area contributed by atoms with E-state index >= 15 is 0 Å². The van der Waals surface area contributed by atoms with Gasteiger partial charge < -0.3 is 14.2 Å². The molecule has 0 amide bonds. The summed E-state index contributed by atoms with van der Waals surface area (Å²) >= 11 is 0. The van der Waals surface area contributed by atoms with Gasteiger partial charge in [0.1, 0.15) is 13.2 Å². The number of rotatable bonds is 59. The third-order valence-corrected chi connectivity index (χ3v) is 14.1. The van der Waals surface area contributed by atoms with Gasteiger partial charge in [-0.1, -0.05) is 292 Å². The summed E-state index contributed by atoms with van der Waals surface area (Å²) in [6, 6.07) is 0. The Kier molecular flexibility index (Phi) is 61.2. The standard InChI is InChI=1S/C70H122O6/c1-4-7-10-13-16-18-20-22-24-26-28-30-32-33-34-35-36-37-39-40-42-44-46-48-50-52-54-57-60-63-69(72)75-66-67(65-74-68(71)62-59-56-15-12-9-6-3)76-70(73)64-61-58-55-53-51-49-47-45-43-41-38-31-29-27-25-23-21-19-17-14-11-8-5-2/h7,10,16,18,22,24,27-30,33-34,36-37,67H,4-6,8-9,11-15,17,19-21,23,25-26,31-32,35,38-66H2,1-3H3/b10-7-,18-16-,24-22-,29-27-,30-28-,34-33-,37-36-. The van der Waals surface area contributed by atoms with Gasteiger partial charge in [-0.05, 0) is 96.3 Å². The van der Waals surface area contributed by atoms with Crippen molar-refractivity contribution in [3.05, 3.63) is 85.1 Å². The molecule has 76 heavy (non-hydrogen) atoms. The molecular weight excluding hydrogens is 937 g/mol.